The number of nitrogens with zero attached hydrogens (tertiary/aromatic N) is 1. The summed E-state index contributed by atoms with van der Waals surface area (Å²) in [6.07, 6.45) is 2.78. The normalized spacial score (nSPS) is 13.8. The molecule has 0 saturated carbocycles. The largest absolute Gasteiger partial charge is 0.493 e. The molecule has 0 fully saturated rings. The molecule has 1 rings (SSSR count). The molecule has 3 heteroatoms. The van der Waals surface area contributed by atoms with Gasteiger partial charge in [-0.2, -0.15) is 5.26 Å². The first-order chi connectivity index (χ1) is 9.91. The molecule has 1 aromatic rings. The van der Waals surface area contributed by atoms with Crippen molar-refractivity contribution in [2.75, 3.05) is 13.7 Å². The quantitative estimate of drug-likeness (QED) is 0.730. The number of hydrogen-bond acceptors (Lipinski definition) is 3. The lowest BCUT2D eigenvalue weighted by Crippen LogP contribution is -2.37. The van der Waals surface area contributed by atoms with Gasteiger partial charge in [0.15, 0.2) is 0 Å². The molecular formula is C18H28N2O. The lowest BCUT2D eigenvalue weighted by molar-refractivity contribution is 0.295. The van der Waals surface area contributed by atoms with Crippen molar-refractivity contribution < 1.29 is 4.74 Å². The molecule has 1 unspecified atom stereocenters. The molecule has 0 bridgehead atoms. The SMILES string of the molecule is CNC(C)(C#N)CCCCOc1cc(C(C)C)ccc1C. The van der Waals surface area contributed by atoms with Crippen molar-refractivity contribution in [2.45, 2.75) is 58.4 Å². The maximum atomic E-state index is 9.09. The summed E-state index contributed by atoms with van der Waals surface area (Å²) in [6, 6.07) is 8.75. The number of aryl methyl sites for hydroxylation is 1. The molecule has 3 nitrogen and oxygen atoms in total. The molecule has 0 heterocycles. The van der Waals surface area contributed by atoms with Crippen LogP contribution >= 0.6 is 0 Å². The smallest absolute Gasteiger partial charge is 0.122 e. The van der Waals surface area contributed by atoms with Gasteiger partial charge in [-0.1, -0.05) is 26.0 Å². The van der Waals surface area contributed by atoms with E-state index in [4.69, 9.17) is 10.00 Å². The molecule has 0 aliphatic carbocycles. The Balaban J connectivity index is 2.43. The first kappa shape index (κ1) is 17.5. The molecule has 1 aromatic carbocycles. The summed E-state index contributed by atoms with van der Waals surface area (Å²) in [7, 11) is 1.83. The van der Waals surface area contributed by atoms with Gasteiger partial charge in [0.1, 0.15) is 11.3 Å². The summed E-state index contributed by atoms with van der Waals surface area (Å²) in [5.41, 5.74) is 2.06. The summed E-state index contributed by atoms with van der Waals surface area (Å²) in [5, 5.41) is 12.2. The highest BCUT2D eigenvalue weighted by Gasteiger charge is 2.19. The van der Waals surface area contributed by atoms with Crippen molar-refractivity contribution >= 4 is 0 Å². The monoisotopic (exact) mass is 288 g/mol. The fourth-order valence-corrected chi connectivity index (χ4v) is 2.13. The summed E-state index contributed by atoms with van der Waals surface area (Å²) in [6.45, 7) is 9.09. The van der Waals surface area contributed by atoms with E-state index in [9.17, 15) is 0 Å². The van der Waals surface area contributed by atoms with Crippen molar-refractivity contribution in [3.63, 3.8) is 0 Å². The van der Waals surface area contributed by atoms with Crippen LogP contribution in [-0.2, 0) is 0 Å². The van der Waals surface area contributed by atoms with E-state index in [1.54, 1.807) is 0 Å². The molecule has 0 aliphatic rings. The van der Waals surface area contributed by atoms with E-state index in [1.165, 1.54) is 11.1 Å². The summed E-state index contributed by atoms with van der Waals surface area (Å²) < 4.78 is 5.91. The van der Waals surface area contributed by atoms with Crippen molar-refractivity contribution in [2.24, 2.45) is 0 Å². The predicted molar refractivity (Wildman–Crippen MR) is 87.7 cm³/mol. The van der Waals surface area contributed by atoms with E-state index < -0.39 is 5.54 Å². The molecule has 0 amide bonds. The van der Waals surface area contributed by atoms with Crippen LogP contribution < -0.4 is 10.1 Å². The Morgan fingerprint density at radius 1 is 1.33 bits per heavy atom. The Labute approximate surface area is 129 Å². The van der Waals surface area contributed by atoms with Gasteiger partial charge in [0.05, 0.1) is 12.7 Å². The standard InChI is InChI=1S/C18H28N2O/c1-14(2)16-9-8-15(3)17(12-16)21-11-7-6-10-18(4,13-19)20-5/h8-9,12,14,20H,6-7,10-11H2,1-5H3. The average Bonchev–Trinajstić information content (AvgIpc) is 2.48. The third kappa shape index (κ3) is 5.40. The number of nitrogens with one attached hydrogen (secondary N) is 1. The van der Waals surface area contributed by atoms with Crippen LogP contribution in [-0.4, -0.2) is 19.2 Å². The minimum absolute atomic E-state index is 0.423. The second-order valence-corrected chi connectivity index (χ2v) is 6.18. The Morgan fingerprint density at radius 3 is 2.62 bits per heavy atom. The van der Waals surface area contributed by atoms with Gasteiger partial charge in [0, 0.05) is 0 Å². The van der Waals surface area contributed by atoms with Crippen LogP contribution in [0.4, 0.5) is 0 Å². The van der Waals surface area contributed by atoms with Crippen molar-refractivity contribution in [3.8, 4) is 11.8 Å². The highest BCUT2D eigenvalue weighted by molar-refractivity contribution is 5.37. The number of benzene rings is 1. The summed E-state index contributed by atoms with van der Waals surface area (Å²) >= 11 is 0. The van der Waals surface area contributed by atoms with Crippen LogP contribution in [0.5, 0.6) is 5.75 Å². The first-order valence-corrected chi connectivity index (χ1v) is 7.75. The second kappa shape index (κ2) is 8.05. The Morgan fingerprint density at radius 2 is 2.05 bits per heavy atom. The van der Waals surface area contributed by atoms with E-state index in [-0.39, 0.29) is 0 Å². The van der Waals surface area contributed by atoms with Crippen LogP contribution in [0, 0.1) is 18.3 Å². The highest BCUT2D eigenvalue weighted by atomic mass is 16.5. The minimum Gasteiger partial charge on any atom is -0.493 e. The molecule has 1 N–H and O–H groups in total. The topological polar surface area (TPSA) is 45.0 Å². The first-order valence-electron chi connectivity index (χ1n) is 7.75. The fraction of sp³-hybridized carbons (Fsp3) is 0.611. The number of unbranched alkanes of at least 4 members (excludes halogenated alkanes) is 1. The second-order valence-electron chi connectivity index (χ2n) is 6.18. The van der Waals surface area contributed by atoms with Crippen molar-refractivity contribution in [1.29, 1.82) is 5.26 Å². The van der Waals surface area contributed by atoms with E-state index in [1.807, 2.05) is 14.0 Å². The molecule has 0 aromatic heterocycles. The molecule has 0 spiro atoms. The Kier molecular flexibility index (Phi) is 6.71. The summed E-state index contributed by atoms with van der Waals surface area (Å²) in [4.78, 5) is 0. The van der Waals surface area contributed by atoms with Gasteiger partial charge < -0.3 is 10.1 Å². The van der Waals surface area contributed by atoms with Crippen LogP contribution in [0.15, 0.2) is 18.2 Å². The van der Waals surface area contributed by atoms with Gasteiger partial charge in [0.2, 0.25) is 0 Å². The number of nitriles is 1. The summed E-state index contributed by atoms with van der Waals surface area (Å²) in [5.74, 6) is 1.50. The Bertz CT molecular complexity index is 490. The lowest BCUT2D eigenvalue weighted by atomic mass is 9.97. The fourth-order valence-electron chi connectivity index (χ4n) is 2.13. The van der Waals surface area contributed by atoms with E-state index in [2.05, 4.69) is 50.4 Å². The van der Waals surface area contributed by atoms with Gasteiger partial charge in [-0.15, -0.1) is 0 Å². The zero-order valence-electron chi connectivity index (χ0n) is 14.0. The highest BCUT2D eigenvalue weighted by Crippen LogP contribution is 2.24. The molecule has 116 valence electrons. The van der Waals surface area contributed by atoms with E-state index in [0.29, 0.717) is 12.5 Å². The van der Waals surface area contributed by atoms with Gasteiger partial charge in [-0.05, 0) is 63.3 Å². The maximum absolute atomic E-state index is 9.09. The van der Waals surface area contributed by atoms with Crippen LogP contribution in [0.1, 0.15) is 57.1 Å². The maximum Gasteiger partial charge on any atom is 0.122 e. The zero-order valence-corrected chi connectivity index (χ0v) is 14.0. The van der Waals surface area contributed by atoms with Gasteiger partial charge in [-0.25, -0.2) is 0 Å². The number of ether oxygens (including phenoxy) is 1. The molecule has 0 radical (unpaired) electrons. The number of rotatable bonds is 8. The molecule has 21 heavy (non-hydrogen) atoms. The average molecular weight is 288 g/mol. The van der Waals surface area contributed by atoms with Crippen molar-refractivity contribution in [1.82, 2.24) is 5.32 Å². The Hall–Kier alpha value is -1.53. The predicted octanol–water partition coefficient (Wildman–Crippen LogP) is 4.17. The minimum atomic E-state index is -0.423. The molecule has 1 atom stereocenters. The van der Waals surface area contributed by atoms with Gasteiger partial charge in [-0.3, -0.25) is 0 Å². The van der Waals surface area contributed by atoms with Crippen LogP contribution in [0.2, 0.25) is 0 Å². The van der Waals surface area contributed by atoms with E-state index >= 15 is 0 Å². The third-order valence-electron chi connectivity index (χ3n) is 4.01. The van der Waals surface area contributed by atoms with Gasteiger partial charge >= 0.3 is 0 Å². The number of hydrogen-bond donors (Lipinski definition) is 1. The van der Waals surface area contributed by atoms with Gasteiger partial charge in [0.25, 0.3) is 0 Å². The third-order valence-corrected chi connectivity index (χ3v) is 4.01. The lowest BCUT2D eigenvalue weighted by Gasteiger charge is -2.20. The molecule has 0 saturated heterocycles. The molecule has 0 aliphatic heterocycles. The van der Waals surface area contributed by atoms with Crippen molar-refractivity contribution in [3.05, 3.63) is 29.3 Å². The molecular weight excluding hydrogens is 260 g/mol. The van der Waals surface area contributed by atoms with Crippen LogP contribution in [0.25, 0.3) is 0 Å². The van der Waals surface area contributed by atoms with E-state index in [0.717, 1.165) is 25.0 Å². The zero-order chi connectivity index (χ0) is 15.9. The van der Waals surface area contributed by atoms with Crippen LogP contribution in [0.3, 0.4) is 0 Å².